The van der Waals surface area contributed by atoms with Gasteiger partial charge in [-0.2, -0.15) is 5.10 Å². The number of anilines is 1. The lowest BCUT2D eigenvalue weighted by atomic mass is 9.73. The molecule has 0 saturated carbocycles. The average Bonchev–Trinajstić information content (AvgIpc) is 3.43. The van der Waals surface area contributed by atoms with Crippen LogP contribution in [0.2, 0.25) is 0 Å². The Kier molecular flexibility index (Phi) is 3.75. The van der Waals surface area contributed by atoms with Crippen molar-refractivity contribution in [2.75, 3.05) is 11.9 Å². The SMILES string of the molecule is O=C(Cn1cccn1)N1CCC2(C(=O)Nc3ccccc32)C1c1cccnc1. The maximum absolute atomic E-state index is 13.2. The molecule has 2 aliphatic heterocycles. The lowest BCUT2D eigenvalue weighted by Gasteiger charge is -2.34. The van der Waals surface area contributed by atoms with Gasteiger partial charge in [-0.1, -0.05) is 24.3 Å². The van der Waals surface area contributed by atoms with Crippen molar-refractivity contribution in [2.24, 2.45) is 0 Å². The number of nitrogens with one attached hydrogen (secondary N) is 1. The molecular weight excluding hydrogens is 354 g/mol. The Labute approximate surface area is 162 Å². The van der Waals surface area contributed by atoms with Crippen molar-refractivity contribution in [1.29, 1.82) is 0 Å². The van der Waals surface area contributed by atoms with Crippen LogP contribution in [0.1, 0.15) is 23.6 Å². The van der Waals surface area contributed by atoms with Crippen LogP contribution in [0, 0.1) is 0 Å². The Morgan fingerprint density at radius 1 is 1.18 bits per heavy atom. The molecule has 28 heavy (non-hydrogen) atoms. The highest BCUT2D eigenvalue weighted by Crippen LogP contribution is 2.54. The molecule has 2 unspecified atom stereocenters. The molecule has 1 aromatic carbocycles. The van der Waals surface area contributed by atoms with Crippen molar-refractivity contribution in [3.8, 4) is 0 Å². The number of carbonyl (C=O) groups excluding carboxylic acids is 2. The highest BCUT2D eigenvalue weighted by Gasteiger charge is 2.59. The molecule has 2 aliphatic rings. The minimum Gasteiger partial charge on any atom is -0.332 e. The van der Waals surface area contributed by atoms with Crippen LogP contribution in [-0.4, -0.2) is 38.0 Å². The van der Waals surface area contributed by atoms with E-state index in [-0.39, 0.29) is 18.4 Å². The van der Waals surface area contributed by atoms with Gasteiger partial charge in [0.1, 0.15) is 12.0 Å². The summed E-state index contributed by atoms with van der Waals surface area (Å²) < 4.78 is 1.61. The monoisotopic (exact) mass is 373 g/mol. The van der Waals surface area contributed by atoms with E-state index in [0.717, 1.165) is 16.8 Å². The van der Waals surface area contributed by atoms with Gasteiger partial charge in [0, 0.05) is 37.0 Å². The Morgan fingerprint density at radius 3 is 2.86 bits per heavy atom. The van der Waals surface area contributed by atoms with Gasteiger partial charge >= 0.3 is 0 Å². The third kappa shape index (κ3) is 2.36. The predicted octanol–water partition coefficient (Wildman–Crippen LogP) is 2.14. The zero-order valence-corrected chi connectivity index (χ0v) is 15.2. The van der Waals surface area contributed by atoms with Crippen LogP contribution in [0.3, 0.4) is 0 Å². The summed E-state index contributed by atoms with van der Waals surface area (Å²) in [6.45, 7) is 0.643. The molecule has 140 valence electrons. The van der Waals surface area contributed by atoms with Crippen molar-refractivity contribution < 1.29 is 9.59 Å². The number of pyridine rings is 1. The summed E-state index contributed by atoms with van der Waals surface area (Å²) in [6, 6.07) is 12.9. The van der Waals surface area contributed by atoms with Gasteiger partial charge in [-0.15, -0.1) is 0 Å². The number of hydrogen-bond acceptors (Lipinski definition) is 4. The normalized spacial score (nSPS) is 23.1. The molecule has 2 amide bonds. The topological polar surface area (TPSA) is 80.1 Å². The first-order valence-corrected chi connectivity index (χ1v) is 9.28. The molecule has 7 heteroatoms. The minimum atomic E-state index is -0.806. The van der Waals surface area contributed by atoms with Gasteiger partial charge in [0.2, 0.25) is 11.8 Å². The minimum absolute atomic E-state index is 0.0584. The first kappa shape index (κ1) is 16.7. The van der Waals surface area contributed by atoms with Gasteiger partial charge in [0.05, 0.1) is 6.04 Å². The van der Waals surface area contributed by atoms with E-state index in [1.54, 1.807) is 40.4 Å². The zero-order chi connectivity index (χ0) is 19.1. The molecule has 4 heterocycles. The lowest BCUT2D eigenvalue weighted by molar-refractivity contribution is -0.134. The molecule has 0 bridgehead atoms. The van der Waals surface area contributed by atoms with Gasteiger partial charge in [-0.05, 0) is 35.7 Å². The first-order chi connectivity index (χ1) is 13.7. The van der Waals surface area contributed by atoms with Gasteiger partial charge in [0.15, 0.2) is 0 Å². The number of amides is 2. The fourth-order valence-electron chi connectivity index (χ4n) is 4.58. The van der Waals surface area contributed by atoms with E-state index in [1.165, 1.54) is 0 Å². The molecule has 2 aromatic heterocycles. The molecule has 2 atom stereocenters. The maximum Gasteiger partial charge on any atom is 0.244 e. The quantitative estimate of drug-likeness (QED) is 0.763. The average molecular weight is 373 g/mol. The van der Waals surface area contributed by atoms with Crippen molar-refractivity contribution >= 4 is 17.5 Å². The van der Waals surface area contributed by atoms with Crippen LogP contribution >= 0.6 is 0 Å². The number of fused-ring (bicyclic) bond motifs is 2. The van der Waals surface area contributed by atoms with Gasteiger partial charge in [-0.25, -0.2) is 0 Å². The fourth-order valence-corrected chi connectivity index (χ4v) is 4.58. The number of aromatic nitrogens is 3. The third-order valence-electron chi connectivity index (χ3n) is 5.76. The summed E-state index contributed by atoms with van der Waals surface area (Å²) in [5, 5.41) is 7.16. The second kappa shape index (κ2) is 6.30. The Hall–Kier alpha value is -3.48. The Morgan fingerprint density at radius 2 is 2.07 bits per heavy atom. The summed E-state index contributed by atoms with van der Waals surface area (Å²) >= 11 is 0. The maximum atomic E-state index is 13.2. The molecular formula is C21H19N5O2. The highest BCUT2D eigenvalue weighted by molar-refractivity contribution is 6.07. The summed E-state index contributed by atoms with van der Waals surface area (Å²) in [4.78, 5) is 32.5. The number of benzene rings is 1. The zero-order valence-electron chi connectivity index (χ0n) is 15.2. The van der Waals surface area contributed by atoms with Crippen LogP contribution < -0.4 is 5.32 Å². The van der Waals surface area contributed by atoms with E-state index < -0.39 is 11.5 Å². The Bertz CT molecular complexity index is 1030. The van der Waals surface area contributed by atoms with E-state index in [0.29, 0.717) is 13.0 Å². The molecule has 5 rings (SSSR count). The summed E-state index contributed by atoms with van der Waals surface area (Å²) in [5.41, 5.74) is 1.83. The molecule has 7 nitrogen and oxygen atoms in total. The lowest BCUT2D eigenvalue weighted by Crippen LogP contribution is -2.43. The van der Waals surface area contributed by atoms with Crippen LogP contribution in [0.25, 0.3) is 0 Å². The Balaban J connectivity index is 1.61. The van der Waals surface area contributed by atoms with Gasteiger partial charge < -0.3 is 10.2 Å². The molecule has 0 radical (unpaired) electrons. The second-order valence-electron chi connectivity index (χ2n) is 7.20. The number of carbonyl (C=O) groups is 2. The van der Waals surface area contributed by atoms with Crippen molar-refractivity contribution in [3.63, 3.8) is 0 Å². The smallest absolute Gasteiger partial charge is 0.244 e. The summed E-state index contributed by atoms with van der Waals surface area (Å²) in [5.74, 6) is -0.122. The summed E-state index contributed by atoms with van der Waals surface area (Å²) in [6.07, 6.45) is 7.43. The molecule has 1 N–H and O–H groups in total. The van der Waals surface area contributed by atoms with Gasteiger partial charge in [-0.3, -0.25) is 19.3 Å². The summed E-state index contributed by atoms with van der Waals surface area (Å²) in [7, 11) is 0. The largest absolute Gasteiger partial charge is 0.332 e. The molecule has 1 fully saturated rings. The van der Waals surface area contributed by atoms with Crippen LogP contribution in [0.15, 0.2) is 67.3 Å². The molecule has 3 aromatic rings. The van der Waals surface area contributed by atoms with Crippen LogP contribution in [0.5, 0.6) is 0 Å². The van der Waals surface area contributed by atoms with Gasteiger partial charge in [0.25, 0.3) is 0 Å². The van der Waals surface area contributed by atoms with Crippen LogP contribution in [0.4, 0.5) is 5.69 Å². The number of hydrogen-bond donors (Lipinski definition) is 1. The number of para-hydroxylation sites is 1. The van der Waals surface area contributed by atoms with E-state index in [4.69, 9.17) is 0 Å². The first-order valence-electron chi connectivity index (χ1n) is 9.28. The van der Waals surface area contributed by atoms with Crippen molar-refractivity contribution in [3.05, 3.63) is 78.4 Å². The molecule has 1 spiro atoms. The van der Waals surface area contributed by atoms with Crippen LogP contribution in [-0.2, 0) is 21.5 Å². The van der Waals surface area contributed by atoms with E-state index in [2.05, 4.69) is 15.4 Å². The molecule has 1 saturated heterocycles. The fraction of sp³-hybridized carbons (Fsp3) is 0.238. The number of nitrogens with zero attached hydrogens (tertiary/aromatic N) is 4. The third-order valence-corrected chi connectivity index (χ3v) is 5.76. The standard InChI is InChI=1S/C21H19N5O2/c27-18(14-25-11-4-10-23-25)26-12-8-21(19(26)15-5-3-9-22-13-15)16-6-1-2-7-17(16)24-20(21)28/h1-7,9-11,13,19H,8,12,14H2,(H,24,28). The van der Waals surface area contributed by atoms with E-state index in [9.17, 15) is 9.59 Å². The second-order valence-corrected chi connectivity index (χ2v) is 7.20. The van der Waals surface area contributed by atoms with Crippen molar-refractivity contribution in [2.45, 2.75) is 24.4 Å². The number of rotatable bonds is 3. The molecule has 0 aliphatic carbocycles. The van der Waals surface area contributed by atoms with E-state index in [1.807, 2.05) is 36.4 Å². The van der Waals surface area contributed by atoms with Crippen molar-refractivity contribution in [1.82, 2.24) is 19.7 Å². The number of likely N-dealkylation sites (tertiary alicyclic amines) is 1. The highest BCUT2D eigenvalue weighted by atomic mass is 16.2. The predicted molar refractivity (Wildman–Crippen MR) is 102 cm³/mol. The van der Waals surface area contributed by atoms with E-state index >= 15 is 0 Å².